The summed E-state index contributed by atoms with van der Waals surface area (Å²) in [7, 11) is 0. The molecular weight excluding hydrogens is 126 g/mol. The van der Waals surface area contributed by atoms with Crippen LogP contribution in [0, 0.1) is 0 Å². The van der Waals surface area contributed by atoms with Crippen LogP contribution >= 0.6 is 0 Å². The third-order valence-corrected chi connectivity index (χ3v) is 0. The molecule has 0 aliphatic heterocycles. The molecule has 0 heterocycles. The van der Waals surface area contributed by atoms with Crippen LogP contribution in [0.4, 0.5) is 0 Å². The maximum atomic E-state index is 8.47. The molecule has 0 aromatic carbocycles. The molecule has 0 aliphatic rings. The second kappa shape index (κ2) is 22.5. The van der Waals surface area contributed by atoms with Crippen LogP contribution in [0.2, 0.25) is 0 Å². The van der Waals surface area contributed by atoms with Crippen molar-refractivity contribution < 1.29 is 29.0 Å². The molecule has 0 aromatic heterocycles. The van der Waals surface area contributed by atoms with Gasteiger partial charge >= 0.3 is 23.5 Å². The first-order chi connectivity index (χ1) is 1.41. The number of rotatable bonds is 0. The zero-order chi connectivity index (χ0) is 2.71. The quantitative estimate of drug-likeness (QED) is 0.348. The Morgan fingerprint density at radius 1 is 1.20 bits per heavy atom. The fourth-order valence-corrected chi connectivity index (χ4v) is 0. The van der Waals surface area contributed by atoms with Gasteiger partial charge in [0.15, 0.2) is 17.4 Å². The van der Waals surface area contributed by atoms with Crippen LogP contribution in [-0.4, -0.2) is 22.8 Å². The number of hydrogen-bond donors (Lipinski definition) is 0. The van der Waals surface area contributed by atoms with Crippen molar-refractivity contribution in [2.75, 3.05) is 0 Å². The fourth-order valence-electron chi connectivity index (χ4n) is 0. The van der Waals surface area contributed by atoms with E-state index in [4.69, 9.17) is 7.35 Å². The van der Waals surface area contributed by atoms with E-state index in [1.165, 1.54) is 0 Å². The second-order valence-corrected chi connectivity index (χ2v) is 0.307. The van der Waals surface area contributed by atoms with Crippen molar-refractivity contribution in [3.05, 3.63) is 0 Å². The van der Waals surface area contributed by atoms with Crippen molar-refractivity contribution >= 4 is 17.4 Å². The summed E-state index contributed by atoms with van der Waals surface area (Å²) >= 11 is -1.81. The van der Waals surface area contributed by atoms with Gasteiger partial charge in [0, 0.05) is 0 Å². The topological polar surface area (TPSA) is 65.6 Å². The van der Waals surface area contributed by atoms with Crippen LogP contribution in [0.5, 0.6) is 0 Å². The standard InChI is InChI=1S/Al.H2O.2O.V.3H/h;1H2;;;;;;. The van der Waals surface area contributed by atoms with E-state index in [0.29, 0.717) is 0 Å². The first-order valence-electron chi connectivity index (χ1n) is 0.365. The Morgan fingerprint density at radius 3 is 1.20 bits per heavy atom. The van der Waals surface area contributed by atoms with Crippen molar-refractivity contribution in [2.45, 2.75) is 0 Å². The molecule has 0 bridgehead atoms. The summed E-state index contributed by atoms with van der Waals surface area (Å²) in [6.07, 6.45) is 0. The third-order valence-electron chi connectivity index (χ3n) is 0. The summed E-state index contributed by atoms with van der Waals surface area (Å²) in [5.41, 5.74) is 0. The van der Waals surface area contributed by atoms with Gasteiger partial charge in [-0.1, -0.05) is 0 Å². The summed E-state index contributed by atoms with van der Waals surface area (Å²) in [6.45, 7) is 0. The molecule has 5 heteroatoms. The summed E-state index contributed by atoms with van der Waals surface area (Å²) in [4.78, 5) is 0. The Kier molecular flexibility index (Phi) is 77.9. The minimum absolute atomic E-state index is 0. The summed E-state index contributed by atoms with van der Waals surface area (Å²) in [6, 6.07) is 0. The molecule has 0 aromatic rings. The molecule has 0 atom stereocenters. The minimum atomic E-state index is -1.81. The predicted molar refractivity (Wildman–Crippen MR) is 14.9 cm³/mol. The van der Waals surface area contributed by atoms with E-state index in [9.17, 15) is 0 Å². The Labute approximate surface area is 46.7 Å². The Bertz CT molecular complexity index is 27.9. The van der Waals surface area contributed by atoms with Crippen molar-refractivity contribution in [2.24, 2.45) is 0 Å². The van der Waals surface area contributed by atoms with Gasteiger partial charge in [-0.25, -0.2) is 0 Å². The molecule has 0 rings (SSSR count). The van der Waals surface area contributed by atoms with Crippen molar-refractivity contribution in [3.63, 3.8) is 0 Å². The Morgan fingerprint density at radius 2 is 1.20 bits per heavy atom. The second-order valence-electron chi connectivity index (χ2n) is 0.0745. The Hall–Kier alpha value is 0.677. The molecule has 0 amide bonds. The molecule has 0 aliphatic carbocycles. The van der Waals surface area contributed by atoms with E-state index in [1.807, 2.05) is 0 Å². The van der Waals surface area contributed by atoms with E-state index in [-0.39, 0.29) is 22.8 Å². The SMILES string of the molecule is O.[AlH3].[O]=[V]=[O]. The summed E-state index contributed by atoms with van der Waals surface area (Å²) in [5, 5.41) is 0. The zero-order valence-corrected chi connectivity index (χ0v) is 3.16. The summed E-state index contributed by atoms with van der Waals surface area (Å²) < 4.78 is 16.9. The van der Waals surface area contributed by atoms with Gasteiger partial charge in [-0.15, -0.1) is 0 Å². The fraction of sp³-hybridized carbons (Fsp3) is 0. The van der Waals surface area contributed by atoms with Crippen LogP contribution in [0.1, 0.15) is 0 Å². The van der Waals surface area contributed by atoms with Crippen LogP contribution in [-0.2, 0) is 23.5 Å². The van der Waals surface area contributed by atoms with E-state index in [1.54, 1.807) is 0 Å². The molecule has 0 saturated carbocycles. The van der Waals surface area contributed by atoms with Gasteiger partial charge in [-0.3, -0.25) is 0 Å². The molecule has 0 radical (unpaired) electrons. The first kappa shape index (κ1) is 17.3. The van der Waals surface area contributed by atoms with E-state index >= 15 is 0 Å². The average Bonchev–Trinajstić information content (AvgIpc) is 0.918. The Balaban J connectivity index is -0.0000000200. The molecular formula is H5AlO3V. The normalized spacial score (nSPS) is 1.60. The van der Waals surface area contributed by atoms with Gasteiger partial charge in [-0.2, -0.15) is 0 Å². The monoisotopic (exact) mass is 131 g/mol. The molecule has 0 fully saturated rings. The van der Waals surface area contributed by atoms with Crippen LogP contribution in [0.25, 0.3) is 0 Å². The van der Waals surface area contributed by atoms with E-state index < -0.39 is 16.2 Å². The number of hydrogen-bond acceptors (Lipinski definition) is 2. The van der Waals surface area contributed by atoms with Crippen molar-refractivity contribution in [1.29, 1.82) is 0 Å². The zero-order valence-electron chi connectivity index (χ0n) is 1.76. The molecule has 5 heavy (non-hydrogen) atoms. The van der Waals surface area contributed by atoms with Crippen LogP contribution in [0.15, 0.2) is 0 Å². The first-order valence-corrected chi connectivity index (χ1v) is 1.51. The van der Waals surface area contributed by atoms with Gasteiger partial charge in [0.2, 0.25) is 0 Å². The third kappa shape index (κ3) is 73.1. The van der Waals surface area contributed by atoms with Gasteiger partial charge in [0.05, 0.1) is 0 Å². The van der Waals surface area contributed by atoms with E-state index in [0.717, 1.165) is 0 Å². The molecule has 31 valence electrons. The average molecular weight is 131 g/mol. The van der Waals surface area contributed by atoms with Gasteiger partial charge in [-0.05, 0) is 0 Å². The molecule has 3 nitrogen and oxygen atoms in total. The molecule has 0 unspecified atom stereocenters. The van der Waals surface area contributed by atoms with Gasteiger partial charge < -0.3 is 5.48 Å². The predicted octanol–water partition coefficient (Wildman–Crippen LogP) is -2.25. The molecule has 0 spiro atoms. The van der Waals surface area contributed by atoms with E-state index in [2.05, 4.69) is 0 Å². The van der Waals surface area contributed by atoms with Crippen molar-refractivity contribution in [1.82, 2.24) is 0 Å². The molecule has 2 N–H and O–H groups in total. The van der Waals surface area contributed by atoms with Gasteiger partial charge in [0.1, 0.15) is 0 Å². The van der Waals surface area contributed by atoms with Crippen LogP contribution < -0.4 is 0 Å². The molecule has 0 saturated heterocycles. The van der Waals surface area contributed by atoms with Crippen molar-refractivity contribution in [3.8, 4) is 0 Å². The van der Waals surface area contributed by atoms with Gasteiger partial charge in [0.25, 0.3) is 0 Å². The summed E-state index contributed by atoms with van der Waals surface area (Å²) in [5.74, 6) is 0. The van der Waals surface area contributed by atoms with Crippen LogP contribution in [0.3, 0.4) is 0 Å². The maximum absolute atomic E-state index is 8.47.